The number of fused-ring (bicyclic) bond motifs is 1. The molecule has 0 aliphatic heterocycles. The maximum Gasteiger partial charge on any atom is 0.274 e. The van der Waals surface area contributed by atoms with Gasteiger partial charge in [0.1, 0.15) is 11.5 Å². The van der Waals surface area contributed by atoms with Crippen LogP contribution >= 0.6 is 0 Å². The Labute approximate surface area is 120 Å². The summed E-state index contributed by atoms with van der Waals surface area (Å²) in [7, 11) is 0. The number of anilines is 1. The number of hydrogen-bond donors (Lipinski definition) is 3. The van der Waals surface area contributed by atoms with Crippen molar-refractivity contribution in [3.05, 3.63) is 70.1 Å². The minimum absolute atomic E-state index is 0.0959. The number of aliphatic hydroxyl groups excluding tert-OH is 1. The highest BCUT2D eigenvalue weighted by atomic mass is 16.3. The van der Waals surface area contributed by atoms with Gasteiger partial charge in [0.2, 0.25) is 0 Å². The van der Waals surface area contributed by atoms with Crippen molar-refractivity contribution in [2.75, 3.05) is 5.73 Å². The molecule has 0 amide bonds. The summed E-state index contributed by atoms with van der Waals surface area (Å²) in [6.45, 7) is 0. The normalized spacial score (nSPS) is 11.7. The Hall–Kier alpha value is -3.08. The number of nitrogen functional groups attached to an aromatic ring is 1. The van der Waals surface area contributed by atoms with E-state index in [0.29, 0.717) is 22.3 Å². The Morgan fingerprint density at radius 2 is 1.86 bits per heavy atom. The van der Waals surface area contributed by atoms with Gasteiger partial charge in [-0.25, -0.2) is 4.98 Å². The number of para-hydroxylation sites is 3. The molecule has 0 atom stereocenters. The SMILES string of the molecule is Nc1ccccc1/C(O)=C/c1nc2ccccc2[nH]c1=O. The van der Waals surface area contributed by atoms with Crippen LogP contribution in [0.1, 0.15) is 11.3 Å². The Bertz CT molecular complexity index is 897. The van der Waals surface area contributed by atoms with Gasteiger partial charge in [-0.3, -0.25) is 4.79 Å². The third kappa shape index (κ3) is 2.49. The van der Waals surface area contributed by atoms with Gasteiger partial charge in [-0.2, -0.15) is 0 Å². The Kier molecular flexibility index (Phi) is 3.16. The van der Waals surface area contributed by atoms with Crippen molar-refractivity contribution in [1.82, 2.24) is 9.97 Å². The van der Waals surface area contributed by atoms with Crippen molar-refractivity contribution < 1.29 is 5.11 Å². The second-order valence-corrected chi connectivity index (χ2v) is 4.59. The largest absolute Gasteiger partial charge is 0.507 e. The number of rotatable bonds is 2. The minimum Gasteiger partial charge on any atom is -0.507 e. The van der Waals surface area contributed by atoms with Crippen molar-refractivity contribution in [3.63, 3.8) is 0 Å². The van der Waals surface area contributed by atoms with Crippen molar-refractivity contribution in [2.24, 2.45) is 0 Å². The number of H-pyrrole nitrogens is 1. The van der Waals surface area contributed by atoms with Gasteiger partial charge in [0.25, 0.3) is 5.56 Å². The van der Waals surface area contributed by atoms with E-state index < -0.39 is 0 Å². The molecule has 1 aromatic heterocycles. The topological polar surface area (TPSA) is 92.0 Å². The summed E-state index contributed by atoms with van der Waals surface area (Å²) >= 11 is 0. The first-order chi connectivity index (χ1) is 10.1. The molecular formula is C16H13N3O2. The molecule has 3 aromatic rings. The van der Waals surface area contributed by atoms with Crippen molar-refractivity contribution in [1.29, 1.82) is 0 Å². The van der Waals surface area contributed by atoms with E-state index in [2.05, 4.69) is 9.97 Å². The van der Waals surface area contributed by atoms with Crippen molar-refractivity contribution >= 4 is 28.6 Å². The van der Waals surface area contributed by atoms with Crippen LogP contribution in [0.2, 0.25) is 0 Å². The molecule has 5 heteroatoms. The lowest BCUT2D eigenvalue weighted by Crippen LogP contribution is -2.12. The molecule has 0 unspecified atom stereocenters. The lowest BCUT2D eigenvalue weighted by molar-refractivity contribution is 0.515. The first-order valence-corrected chi connectivity index (χ1v) is 6.40. The first kappa shape index (κ1) is 12.9. The average Bonchev–Trinajstić information content (AvgIpc) is 2.48. The smallest absolute Gasteiger partial charge is 0.274 e. The molecule has 1 heterocycles. The number of nitrogens with one attached hydrogen (secondary N) is 1. The van der Waals surface area contributed by atoms with Crippen LogP contribution in [0.25, 0.3) is 22.9 Å². The van der Waals surface area contributed by atoms with E-state index in [1.165, 1.54) is 6.08 Å². The van der Waals surface area contributed by atoms with E-state index in [9.17, 15) is 9.90 Å². The van der Waals surface area contributed by atoms with E-state index in [-0.39, 0.29) is 17.0 Å². The second kappa shape index (κ2) is 5.13. The van der Waals surface area contributed by atoms with E-state index in [0.717, 1.165) is 0 Å². The zero-order valence-corrected chi connectivity index (χ0v) is 11.1. The summed E-state index contributed by atoms with van der Waals surface area (Å²) in [5, 5.41) is 10.1. The summed E-state index contributed by atoms with van der Waals surface area (Å²) < 4.78 is 0. The number of nitrogens with two attached hydrogens (primary N) is 1. The van der Waals surface area contributed by atoms with Gasteiger partial charge in [-0.1, -0.05) is 24.3 Å². The number of hydrogen-bond acceptors (Lipinski definition) is 4. The quantitative estimate of drug-likeness (QED) is 0.496. The second-order valence-electron chi connectivity index (χ2n) is 4.59. The molecular weight excluding hydrogens is 266 g/mol. The summed E-state index contributed by atoms with van der Waals surface area (Å²) in [5.74, 6) is -0.0959. The van der Waals surface area contributed by atoms with E-state index in [1.54, 1.807) is 36.4 Å². The van der Waals surface area contributed by atoms with Crippen LogP contribution in [-0.2, 0) is 0 Å². The molecule has 0 spiro atoms. The maximum atomic E-state index is 12.0. The van der Waals surface area contributed by atoms with E-state index in [1.807, 2.05) is 12.1 Å². The van der Waals surface area contributed by atoms with Gasteiger partial charge in [0, 0.05) is 17.3 Å². The summed E-state index contributed by atoms with van der Waals surface area (Å²) in [4.78, 5) is 19.0. The molecule has 0 saturated carbocycles. The predicted octanol–water partition coefficient (Wildman–Crippen LogP) is 2.56. The zero-order valence-electron chi connectivity index (χ0n) is 11.1. The fourth-order valence-corrected chi connectivity index (χ4v) is 2.08. The number of benzene rings is 2. The van der Waals surface area contributed by atoms with Crippen LogP contribution < -0.4 is 11.3 Å². The fraction of sp³-hybridized carbons (Fsp3) is 0. The van der Waals surface area contributed by atoms with Crippen molar-refractivity contribution in [3.8, 4) is 0 Å². The van der Waals surface area contributed by atoms with Crippen LogP contribution in [0.5, 0.6) is 0 Å². The number of aliphatic hydroxyl groups is 1. The molecule has 2 aromatic carbocycles. The van der Waals surface area contributed by atoms with Gasteiger partial charge in [-0.05, 0) is 24.3 Å². The van der Waals surface area contributed by atoms with E-state index >= 15 is 0 Å². The standard InChI is InChI=1S/C16H13N3O2/c17-11-6-2-1-5-10(11)15(20)9-14-16(21)19-13-8-4-3-7-12(13)18-14/h1-9,20H,17H2,(H,19,21)/b15-9-. The third-order valence-electron chi connectivity index (χ3n) is 3.14. The van der Waals surface area contributed by atoms with Gasteiger partial charge in [-0.15, -0.1) is 0 Å². The summed E-state index contributed by atoms with van der Waals surface area (Å²) in [5.41, 5.74) is 7.76. The van der Waals surface area contributed by atoms with Crippen LogP contribution in [0.4, 0.5) is 5.69 Å². The molecule has 0 radical (unpaired) electrons. The molecule has 4 N–H and O–H groups in total. The highest BCUT2D eigenvalue weighted by Gasteiger charge is 2.07. The monoisotopic (exact) mass is 279 g/mol. The summed E-state index contributed by atoms with van der Waals surface area (Å²) in [6.07, 6.45) is 1.32. The molecule has 0 aliphatic carbocycles. The molecule has 5 nitrogen and oxygen atoms in total. The highest BCUT2D eigenvalue weighted by Crippen LogP contribution is 2.20. The fourth-order valence-electron chi connectivity index (χ4n) is 2.08. The highest BCUT2D eigenvalue weighted by molar-refractivity contribution is 5.82. The molecule has 0 saturated heterocycles. The lowest BCUT2D eigenvalue weighted by Gasteiger charge is -2.04. The van der Waals surface area contributed by atoms with Crippen LogP contribution in [-0.4, -0.2) is 15.1 Å². The molecule has 0 fully saturated rings. The Morgan fingerprint density at radius 3 is 2.67 bits per heavy atom. The number of aromatic amines is 1. The van der Waals surface area contributed by atoms with Crippen molar-refractivity contribution in [2.45, 2.75) is 0 Å². The zero-order chi connectivity index (χ0) is 14.8. The molecule has 0 bridgehead atoms. The van der Waals surface area contributed by atoms with Gasteiger partial charge in [0.15, 0.2) is 0 Å². The molecule has 0 aliphatic rings. The maximum absolute atomic E-state index is 12.0. The third-order valence-corrected chi connectivity index (χ3v) is 3.14. The van der Waals surface area contributed by atoms with Crippen LogP contribution in [0.15, 0.2) is 53.3 Å². The molecule has 21 heavy (non-hydrogen) atoms. The molecule has 3 rings (SSSR count). The Balaban J connectivity index is 2.13. The van der Waals surface area contributed by atoms with Gasteiger partial charge < -0.3 is 15.8 Å². The van der Waals surface area contributed by atoms with Gasteiger partial charge in [0.05, 0.1) is 11.0 Å². The summed E-state index contributed by atoms with van der Waals surface area (Å²) in [6, 6.07) is 14.1. The molecule has 104 valence electrons. The van der Waals surface area contributed by atoms with E-state index in [4.69, 9.17) is 5.73 Å². The van der Waals surface area contributed by atoms with Gasteiger partial charge >= 0.3 is 0 Å². The number of aromatic nitrogens is 2. The number of nitrogens with zero attached hydrogens (tertiary/aromatic N) is 1. The van der Waals surface area contributed by atoms with Crippen LogP contribution in [0, 0.1) is 0 Å². The lowest BCUT2D eigenvalue weighted by atomic mass is 10.1. The average molecular weight is 279 g/mol. The minimum atomic E-state index is -0.366. The van der Waals surface area contributed by atoms with Crippen LogP contribution in [0.3, 0.4) is 0 Å². The Morgan fingerprint density at radius 1 is 1.14 bits per heavy atom. The first-order valence-electron chi connectivity index (χ1n) is 6.40. The predicted molar refractivity (Wildman–Crippen MR) is 83.7 cm³/mol.